The van der Waals surface area contributed by atoms with Crippen LogP contribution in [0.5, 0.6) is 0 Å². The van der Waals surface area contributed by atoms with Gasteiger partial charge in [0.15, 0.2) is 5.65 Å². The zero-order chi connectivity index (χ0) is 10.4. The largest absolute Gasteiger partial charge is 0.477 e. The summed E-state index contributed by atoms with van der Waals surface area (Å²) < 4.78 is 1.50. The monoisotopic (exact) mass is 203 g/mol. The van der Waals surface area contributed by atoms with Gasteiger partial charge < -0.3 is 5.11 Å². The van der Waals surface area contributed by atoms with Crippen LogP contribution in [0.1, 0.15) is 34.8 Å². The molecule has 76 valence electrons. The van der Waals surface area contributed by atoms with Crippen LogP contribution in [0.3, 0.4) is 0 Å². The molecule has 1 saturated carbocycles. The van der Waals surface area contributed by atoms with E-state index in [0.717, 1.165) is 18.5 Å². The first-order chi connectivity index (χ1) is 7.25. The van der Waals surface area contributed by atoms with Crippen molar-refractivity contribution in [1.29, 1.82) is 0 Å². The summed E-state index contributed by atoms with van der Waals surface area (Å²) in [5, 5.41) is 12.9. The molecule has 1 N–H and O–H groups in total. The smallest absolute Gasteiger partial charge is 0.341 e. The molecular weight excluding hydrogens is 194 g/mol. The van der Waals surface area contributed by atoms with Crippen molar-refractivity contribution in [2.45, 2.75) is 18.8 Å². The minimum atomic E-state index is -0.981. The molecule has 2 aromatic rings. The summed E-state index contributed by atoms with van der Waals surface area (Å²) in [5.41, 5.74) is 1.58. The molecule has 2 heterocycles. The Morgan fingerprint density at radius 2 is 2.33 bits per heavy atom. The Bertz CT molecular complexity index is 543. The fourth-order valence-electron chi connectivity index (χ4n) is 1.64. The van der Waals surface area contributed by atoms with E-state index in [9.17, 15) is 4.79 Å². The van der Waals surface area contributed by atoms with Crippen LogP contribution in [0.2, 0.25) is 0 Å². The van der Waals surface area contributed by atoms with Crippen molar-refractivity contribution in [3.05, 3.63) is 29.7 Å². The average molecular weight is 203 g/mol. The molecule has 0 aliphatic heterocycles. The summed E-state index contributed by atoms with van der Waals surface area (Å²) >= 11 is 0. The molecule has 5 heteroatoms. The molecule has 0 radical (unpaired) electrons. The maximum atomic E-state index is 10.9. The lowest BCUT2D eigenvalue weighted by Gasteiger charge is -1.98. The molecule has 0 bridgehead atoms. The third kappa shape index (κ3) is 1.27. The molecule has 0 saturated heterocycles. The van der Waals surface area contributed by atoms with Gasteiger partial charge in [-0.25, -0.2) is 14.3 Å². The van der Waals surface area contributed by atoms with Gasteiger partial charge in [0, 0.05) is 17.8 Å². The van der Waals surface area contributed by atoms with Crippen LogP contribution in [0.15, 0.2) is 18.5 Å². The molecule has 1 aliphatic carbocycles. The van der Waals surface area contributed by atoms with E-state index in [-0.39, 0.29) is 5.56 Å². The number of carboxylic acids is 1. The Balaban J connectivity index is 2.21. The van der Waals surface area contributed by atoms with Gasteiger partial charge >= 0.3 is 5.97 Å². The topological polar surface area (TPSA) is 67.5 Å². The van der Waals surface area contributed by atoms with Gasteiger partial charge in [0.1, 0.15) is 5.56 Å². The van der Waals surface area contributed by atoms with Gasteiger partial charge in [0.25, 0.3) is 0 Å². The van der Waals surface area contributed by atoms with Crippen LogP contribution >= 0.6 is 0 Å². The van der Waals surface area contributed by atoms with E-state index in [1.807, 2.05) is 6.07 Å². The number of nitrogens with zero attached hydrogens (tertiary/aromatic N) is 3. The minimum absolute atomic E-state index is 0.164. The van der Waals surface area contributed by atoms with E-state index in [0.29, 0.717) is 11.6 Å². The number of aromatic nitrogens is 3. The highest BCUT2D eigenvalue weighted by atomic mass is 16.4. The molecular formula is C10H9N3O2. The van der Waals surface area contributed by atoms with E-state index in [1.54, 1.807) is 6.20 Å². The van der Waals surface area contributed by atoms with Crippen molar-refractivity contribution in [3.8, 4) is 0 Å². The Morgan fingerprint density at radius 1 is 1.53 bits per heavy atom. The Kier molecular flexibility index (Phi) is 1.56. The third-order valence-corrected chi connectivity index (χ3v) is 2.62. The first-order valence-electron chi connectivity index (χ1n) is 4.83. The highest BCUT2D eigenvalue weighted by Gasteiger charge is 2.25. The maximum Gasteiger partial charge on any atom is 0.341 e. The molecule has 0 spiro atoms. The van der Waals surface area contributed by atoms with Crippen molar-refractivity contribution in [2.75, 3.05) is 0 Å². The molecule has 2 aromatic heterocycles. The molecule has 3 rings (SSSR count). The zero-order valence-corrected chi connectivity index (χ0v) is 7.92. The molecule has 1 fully saturated rings. The maximum absolute atomic E-state index is 10.9. The number of carboxylic acid groups (broad SMARTS) is 1. The predicted octanol–water partition coefficient (Wildman–Crippen LogP) is 1.30. The van der Waals surface area contributed by atoms with E-state index in [2.05, 4.69) is 10.1 Å². The van der Waals surface area contributed by atoms with Gasteiger partial charge in [0.05, 0.1) is 6.20 Å². The summed E-state index contributed by atoms with van der Waals surface area (Å²) in [4.78, 5) is 15.2. The van der Waals surface area contributed by atoms with Crippen LogP contribution < -0.4 is 0 Å². The molecule has 1 aliphatic rings. The number of hydrogen-bond donors (Lipinski definition) is 1. The standard InChI is InChI=1S/C10H9N3O2/c14-10(15)7-5-11-13-4-3-8(6-1-2-6)12-9(7)13/h3-6H,1-2H2,(H,14,15). The normalized spacial score (nSPS) is 15.7. The second-order valence-corrected chi connectivity index (χ2v) is 3.76. The third-order valence-electron chi connectivity index (χ3n) is 2.62. The SMILES string of the molecule is O=C(O)c1cnn2ccc(C3CC3)nc12. The first kappa shape index (κ1) is 8.40. The number of rotatable bonds is 2. The van der Waals surface area contributed by atoms with Crippen molar-refractivity contribution in [2.24, 2.45) is 0 Å². The second kappa shape index (κ2) is 2.79. The van der Waals surface area contributed by atoms with Crippen molar-refractivity contribution in [1.82, 2.24) is 14.6 Å². The average Bonchev–Trinajstić information content (AvgIpc) is 2.97. The number of carbonyl (C=O) groups is 1. The van der Waals surface area contributed by atoms with E-state index in [1.165, 1.54) is 10.7 Å². The molecule has 0 amide bonds. The quantitative estimate of drug-likeness (QED) is 0.798. The Hall–Kier alpha value is -1.91. The number of hydrogen-bond acceptors (Lipinski definition) is 3. The van der Waals surface area contributed by atoms with Crippen molar-refractivity contribution >= 4 is 11.6 Å². The lowest BCUT2D eigenvalue weighted by molar-refractivity contribution is 0.0699. The van der Waals surface area contributed by atoms with Crippen LogP contribution in [-0.4, -0.2) is 25.7 Å². The summed E-state index contributed by atoms with van der Waals surface area (Å²) in [6.45, 7) is 0. The van der Waals surface area contributed by atoms with Crippen LogP contribution in [0.25, 0.3) is 5.65 Å². The zero-order valence-electron chi connectivity index (χ0n) is 7.92. The Morgan fingerprint density at radius 3 is 3.00 bits per heavy atom. The van der Waals surface area contributed by atoms with Gasteiger partial charge in [-0.1, -0.05) is 0 Å². The highest BCUT2D eigenvalue weighted by Crippen LogP contribution is 2.38. The first-order valence-corrected chi connectivity index (χ1v) is 4.83. The summed E-state index contributed by atoms with van der Waals surface area (Å²) in [5.74, 6) is -0.461. The van der Waals surface area contributed by atoms with Gasteiger partial charge in [0.2, 0.25) is 0 Å². The van der Waals surface area contributed by atoms with E-state index in [4.69, 9.17) is 5.11 Å². The minimum Gasteiger partial charge on any atom is -0.477 e. The molecule has 0 atom stereocenters. The number of aromatic carboxylic acids is 1. The van der Waals surface area contributed by atoms with E-state index < -0.39 is 5.97 Å². The predicted molar refractivity (Wildman–Crippen MR) is 51.9 cm³/mol. The second-order valence-electron chi connectivity index (χ2n) is 3.76. The molecule has 15 heavy (non-hydrogen) atoms. The summed E-state index contributed by atoms with van der Waals surface area (Å²) in [6.07, 6.45) is 5.41. The molecule has 0 aromatic carbocycles. The van der Waals surface area contributed by atoms with Crippen molar-refractivity contribution < 1.29 is 9.90 Å². The van der Waals surface area contributed by atoms with Crippen LogP contribution in [-0.2, 0) is 0 Å². The fourth-order valence-corrected chi connectivity index (χ4v) is 1.64. The highest BCUT2D eigenvalue weighted by molar-refractivity contribution is 5.94. The van der Waals surface area contributed by atoms with Gasteiger partial charge in [-0.05, 0) is 18.9 Å². The molecule has 0 unspecified atom stereocenters. The van der Waals surface area contributed by atoms with E-state index >= 15 is 0 Å². The number of fused-ring (bicyclic) bond motifs is 1. The summed E-state index contributed by atoms with van der Waals surface area (Å²) in [6, 6.07) is 1.91. The van der Waals surface area contributed by atoms with Gasteiger partial charge in [-0.15, -0.1) is 0 Å². The molecule has 5 nitrogen and oxygen atoms in total. The van der Waals surface area contributed by atoms with Gasteiger partial charge in [-0.2, -0.15) is 5.10 Å². The summed E-state index contributed by atoms with van der Waals surface area (Å²) in [7, 11) is 0. The van der Waals surface area contributed by atoms with Gasteiger partial charge in [-0.3, -0.25) is 0 Å². The lowest BCUT2D eigenvalue weighted by Crippen LogP contribution is -1.99. The lowest BCUT2D eigenvalue weighted by atomic mass is 10.3. The van der Waals surface area contributed by atoms with Crippen molar-refractivity contribution in [3.63, 3.8) is 0 Å². The Labute approximate surface area is 85.4 Å². The van der Waals surface area contributed by atoms with Crippen LogP contribution in [0, 0.1) is 0 Å². The van der Waals surface area contributed by atoms with Crippen LogP contribution in [0.4, 0.5) is 0 Å². The fraction of sp³-hybridized carbons (Fsp3) is 0.300.